The van der Waals surface area contributed by atoms with Crippen LogP contribution in [0.5, 0.6) is 5.75 Å². The summed E-state index contributed by atoms with van der Waals surface area (Å²) in [4.78, 5) is 36.2. The number of hydrogen-bond acceptors (Lipinski definition) is 7. The number of aromatic nitrogens is 4. The van der Waals surface area contributed by atoms with E-state index in [1.807, 2.05) is 36.0 Å². The van der Waals surface area contributed by atoms with Crippen molar-refractivity contribution in [2.24, 2.45) is 0 Å². The number of fused-ring (bicyclic) bond motifs is 2. The molecule has 4 aliphatic rings. The summed E-state index contributed by atoms with van der Waals surface area (Å²) < 4.78 is 34.5. The first-order valence-electron chi connectivity index (χ1n) is 19.5. The largest absolute Gasteiger partial charge is 0.491 e. The third kappa shape index (κ3) is 7.62. The standard InChI is InChI=1S/C21H31N3O3.C19H26FN3O2/c1-14(2)27-20-13-18-19(12-15(20)3)24(21(25)22-18)17-4-8-23(9-5-17)16-6-10-26-11-7-16;1-13-11-17-16(12-15(13)20)21-18(24)23(17)14-3-7-22(8-4-14)19(2)5-9-25-10-6-19/h12-14,16-17H,4-11H2,1-3H3,(H,22,25);11-12,14H,3-10H2,1-2H3,(H,21,24). The number of benzene rings is 2. The van der Waals surface area contributed by atoms with Gasteiger partial charge >= 0.3 is 11.4 Å². The van der Waals surface area contributed by atoms with Gasteiger partial charge in [-0.3, -0.25) is 14.0 Å². The third-order valence-electron chi connectivity index (χ3n) is 12.1. The van der Waals surface area contributed by atoms with Gasteiger partial charge in [0.15, 0.2) is 0 Å². The van der Waals surface area contributed by atoms with Crippen LogP contribution in [0.15, 0.2) is 33.9 Å². The van der Waals surface area contributed by atoms with Crippen LogP contribution in [0.3, 0.4) is 0 Å². The molecule has 284 valence electrons. The fourth-order valence-electron chi connectivity index (χ4n) is 8.96. The Hall–Kier alpha value is -3.45. The van der Waals surface area contributed by atoms with E-state index in [0.717, 1.165) is 132 Å². The number of likely N-dealkylation sites (tertiary alicyclic amines) is 2. The summed E-state index contributed by atoms with van der Waals surface area (Å²) in [6.07, 6.45) is 8.46. The molecule has 52 heavy (non-hydrogen) atoms. The van der Waals surface area contributed by atoms with Crippen molar-refractivity contribution < 1.29 is 18.6 Å². The first kappa shape index (κ1) is 36.9. The number of aromatic amines is 2. The molecule has 0 atom stereocenters. The number of rotatable bonds is 6. The highest BCUT2D eigenvalue weighted by Crippen LogP contribution is 2.34. The van der Waals surface area contributed by atoms with Crippen molar-refractivity contribution in [2.75, 3.05) is 52.6 Å². The molecule has 0 spiro atoms. The van der Waals surface area contributed by atoms with Gasteiger partial charge in [0.2, 0.25) is 0 Å². The molecule has 2 N–H and O–H groups in total. The molecular weight excluding hydrogens is 663 g/mol. The Morgan fingerprint density at radius 3 is 1.83 bits per heavy atom. The molecule has 8 rings (SSSR count). The molecule has 6 heterocycles. The Morgan fingerprint density at radius 1 is 0.731 bits per heavy atom. The van der Waals surface area contributed by atoms with Crippen LogP contribution in [0.25, 0.3) is 22.1 Å². The van der Waals surface area contributed by atoms with E-state index in [4.69, 9.17) is 14.2 Å². The lowest BCUT2D eigenvalue weighted by atomic mass is 9.87. The molecule has 0 amide bonds. The Kier molecular flexibility index (Phi) is 11.0. The summed E-state index contributed by atoms with van der Waals surface area (Å²) in [5.41, 5.74) is 5.01. The second kappa shape index (κ2) is 15.5. The first-order chi connectivity index (χ1) is 25.0. The summed E-state index contributed by atoms with van der Waals surface area (Å²) >= 11 is 0. The van der Waals surface area contributed by atoms with E-state index in [1.54, 1.807) is 13.0 Å². The van der Waals surface area contributed by atoms with Crippen LogP contribution >= 0.6 is 0 Å². The number of H-pyrrole nitrogens is 2. The van der Waals surface area contributed by atoms with Gasteiger partial charge < -0.3 is 29.1 Å². The van der Waals surface area contributed by atoms with Crippen molar-refractivity contribution in [1.29, 1.82) is 0 Å². The second-order valence-corrected chi connectivity index (χ2v) is 16.0. The maximum Gasteiger partial charge on any atom is 0.326 e. The number of halogens is 1. The lowest BCUT2D eigenvalue weighted by molar-refractivity contribution is -0.0312. The smallest absolute Gasteiger partial charge is 0.326 e. The third-order valence-corrected chi connectivity index (χ3v) is 12.1. The number of nitrogens with zero attached hydrogens (tertiary/aromatic N) is 4. The average Bonchev–Trinajstić information content (AvgIpc) is 3.62. The van der Waals surface area contributed by atoms with Crippen molar-refractivity contribution in [3.8, 4) is 5.75 Å². The van der Waals surface area contributed by atoms with Gasteiger partial charge in [-0.05, 0) is 115 Å². The van der Waals surface area contributed by atoms with E-state index >= 15 is 0 Å². The highest BCUT2D eigenvalue weighted by molar-refractivity contribution is 5.79. The van der Waals surface area contributed by atoms with Gasteiger partial charge in [-0.2, -0.15) is 0 Å². The first-order valence-corrected chi connectivity index (χ1v) is 19.5. The van der Waals surface area contributed by atoms with Crippen LogP contribution < -0.4 is 16.1 Å². The maximum absolute atomic E-state index is 13.8. The summed E-state index contributed by atoms with van der Waals surface area (Å²) in [6, 6.07) is 8.37. The molecule has 0 aliphatic carbocycles. The zero-order valence-corrected chi connectivity index (χ0v) is 31.6. The van der Waals surface area contributed by atoms with Crippen molar-refractivity contribution in [1.82, 2.24) is 28.9 Å². The summed E-state index contributed by atoms with van der Waals surface area (Å²) in [7, 11) is 0. The molecule has 0 bridgehead atoms. The average molecular weight is 721 g/mol. The zero-order chi connectivity index (χ0) is 36.6. The van der Waals surface area contributed by atoms with Crippen LogP contribution in [0.1, 0.15) is 95.3 Å². The predicted molar refractivity (Wildman–Crippen MR) is 202 cm³/mol. The van der Waals surface area contributed by atoms with E-state index in [-0.39, 0.29) is 40.9 Å². The molecule has 12 heteroatoms. The van der Waals surface area contributed by atoms with Gasteiger partial charge in [-0.25, -0.2) is 14.0 Å². The molecule has 11 nitrogen and oxygen atoms in total. The van der Waals surface area contributed by atoms with Crippen molar-refractivity contribution in [3.05, 3.63) is 62.2 Å². The Labute approximate surface area is 305 Å². The van der Waals surface area contributed by atoms with E-state index in [1.165, 1.54) is 6.07 Å². The topological polar surface area (TPSA) is 110 Å². The van der Waals surface area contributed by atoms with Crippen LogP contribution in [-0.2, 0) is 9.47 Å². The molecule has 0 unspecified atom stereocenters. The SMILES string of the molecule is Cc1cc2c(cc1F)[nH]c(=O)n2C1CCN(C2(C)CCOCC2)CC1.Cc1cc2c(cc1OC(C)C)[nH]c(=O)n2C1CCN(C2CCOCC2)CC1. The van der Waals surface area contributed by atoms with E-state index in [9.17, 15) is 14.0 Å². The minimum absolute atomic E-state index is 0.00406. The minimum Gasteiger partial charge on any atom is -0.491 e. The zero-order valence-electron chi connectivity index (χ0n) is 31.6. The molecule has 2 aromatic carbocycles. The van der Waals surface area contributed by atoms with Crippen molar-refractivity contribution in [2.45, 2.75) is 116 Å². The molecule has 0 radical (unpaired) electrons. The van der Waals surface area contributed by atoms with Crippen LogP contribution in [0, 0.1) is 19.7 Å². The fraction of sp³-hybridized carbons (Fsp3) is 0.650. The normalized spacial score (nSPS) is 21.5. The Balaban J connectivity index is 0.000000162. The maximum atomic E-state index is 13.8. The van der Waals surface area contributed by atoms with Gasteiger partial charge in [-0.15, -0.1) is 0 Å². The number of ether oxygens (including phenoxy) is 3. The highest BCUT2D eigenvalue weighted by Gasteiger charge is 2.37. The summed E-state index contributed by atoms with van der Waals surface area (Å²) in [5, 5.41) is 0. The van der Waals surface area contributed by atoms with Gasteiger partial charge in [0.05, 0.1) is 28.2 Å². The van der Waals surface area contributed by atoms with Crippen LogP contribution in [-0.4, -0.2) is 99.2 Å². The summed E-state index contributed by atoms with van der Waals surface area (Å²) in [6.45, 7) is 17.7. The minimum atomic E-state index is -0.275. The molecule has 4 aromatic rings. The second-order valence-electron chi connectivity index (χ2n) is 16.0. The van der Waals surface area contributed by atoms with E-state index in [2.05, 4.69) is 32.8 Å². The molecule has 0 saturated carbocycles. The van der Waals surface area contributed by atoms with Crippen molar-refractivity contribution >= 4 is 22.1 Å². The molecule has 2 aromatic heterocycles. The number of hydrogen-bond donors (Lipinski definition) is 2. The van der Waals surface area contributed by atoms with Gasteiger partial charge in [-0.1, -0.05) is 0 Å². The molecule has 4 aliphatic heterocycles. The van der Waals surface area contributed by atoms with E-state index in [0.29, 0.717) is 17.1 Å². The molecular formula is C40H57FN6O5. The van der Waals surface area contributed by atoms with Gasteiger partial charge in [0.25, 0.3) is 0 Å². The Morgan fingerprint density at radius 2 is 1.25 bits per heavy atom. The monoisotopic (exact) mass is 720 g/mol. The molecule has 4 saturated heterocycles. The predicted octanol–water partition coefficient (Wildman–Crippen LogP) is 6.22. The Bertz CT molecular complexity index is 1950. The van der Waals surface area contributed by atoms with E-state index < -0.39 is 0 Å². The lowest BCUT2D eigenvalue weighted by Crippen LogP contribution is -2.53. The van der Waals surface area contributed by atoms with Gasteiger partial charge in [0.1, 0.15) is 11.6 Å². The quantitative estimate of drug-likeness (QED) is 0.243. The highest BCUT2D eigenvalue weighted by atomic mass is 19.1. The lowest BCUT2D eigenvalue weighted by Gasteiger charge is -2.47. The van der Waals surface area contributed by atoms with Crippen molar-refractivity contribution in [3.63, 3.8) is 0 Å². The number of aryl methyl sites for hydroxylation is 2. The van der Waals surface area contributed by atoms with Crippen LogP contribution in [0.2, 0.25) is 0 Å². The fourth-order valence-corrected chi connectivity index (χ4v) is 8.96. The number of piperidine rings is 2. The molecule has 4 fully saturated rings. The van der Waals surface area contributed by atoms with Crippen LogP contribution in [0.4, 0.5) is 4.39 Å². The number of imidazole rings is 2. The number of nitrogens with one attached hydrogen (secondary N) is 2. The summed E-state index contributed by atoms with van der Waals surface area (Å²) in [5.74, 6) is 0.573. The van der Waals surface area contributed by atoms with Gasteiger partial charge in [0, 0.05) is 82.3 Å².